The van der Waals surface area contributed by atoms with E-state index in [1.165, 1.54) is 11.6 Å². The zero-order chi connectivity index (χ0) is 15.2. The molecular weight excluding hydrogens is 251 g/mol. The monoisotopic (exact) mass is 278 g/mol. The maximum atomic E-state index is 13.6. The second kappa shape index (κ2) is 7.44. The van der Waals surface area contributed by atoms with Crippen molar-refractivity contribution in [1.29, 1.82) is 0 Å². The van der Waals surface area contributed by atoms with E-state index >= 15 is 0 Å². The molecule has 2 N–H and O–H groups in total. The fourth-order valence-corrected chi connectivity index (χ4v) is 2.30. The summed E-state index contributed by atoms with van der Waals surface area (Å²) in [5.41, 5.74) is 2.18. The van der Waals surface area contributed by atoms with Gasteiger partial charge in [-0.1, -0.05) is 57.9 Å². The number of nitrogens with zero attached hydrogens (tertiary/aromatic N) is 1. The molecule has 0 fully saturated rings. The molecule has 0 aliphatic carbocycles. The van der Waals surface area contributed by atoms with E-state index in [2.05, 4.69) is 27.7 Å². The summed E-state index contributed by atoms with van der Waals surface area (Å²) in [7, 11) is 0. The van der Waals surface area contributed by atoms with Crippen molar-refractivity contribution in [3.05, 3.63) is 47.4 Å². The van der Waals surface area contributed by atoms with Crippen LogP contribution in [0.5, 0.6) is 0 Å². The molecular formula is C17H27FN2. The number of rotatable bonds is 6. The molecule has 0 unspecified atom stereocenters. The maximum absolute atomic E-state index is 13.6. The molecule has 0 atom stereocenters. The fraction of sp³-hybridized carbons (Fsp3) is 0.529. The molecule has 0 spiro atoms. The van der Waals surface area contributed by atoms with Crippen molar-refractivity contribution in [1.82, 2.24) is 5.01 Å². The molecule has 1 aromatic carbocycles. The van der Waals surface area contributed by atoms with Crippen LogP contribution in [0.25, 0.3) is 0 Å². The molecule has 0 saturated heterocycles. The number of halogens is 1. The first kappa shape index (κ1) is 16.7. The third-order valence-corrected chi connectivity index (χ3v) is 2.99. The van der Waals surface area contributed by atoms with E-state index in [1.807, 2.05) is 12.3 Å². The molecule has 0 aromatic heterocycles. The Morgan fingerprint density at radius 3 is 2.50 bits per heavy atom. The van der Waals surface area contributed by atoms with Crippen LogP contribution in [0.1, 0.15) is 52.5 Å². The van der Waals surface area contributed by atoms with Crippen LogP contribution in [0, 0.1) is 11.2 Å². The standard InChI is InChI=1S/C17H27FN2/c1-5-8-14(11-17(2,3)4)12-20(19)13-15-9-6-7-10-16(15)18/h6-7,9-10,12H,5,8,11,13,19H2,1-4H3/b14-12+. The van der Waals surface area contributed by atoms with Crippen molar-refractivity contribution in [2.75, 3.05) is 0 Å². The van der Waals surface area contributed by atoms with E-state index in [0.29, 0.717) is 12.1 Å². The van der Waals surface area contributed by atoms with E-state index < -0.39 is 0 Å². The summed E-state index contributed by atoms with van der Waals surface area (Å²) in [5, 5.41) is 1.59. The molecule has 0 heterocycles. The highest BCUT2D eigenvalue weighted by Gasteiger charge is 2.13. The molecule has 0 amide bonds. The third-order valence-electron chi connectivity index (χ3n) is 2.99. The van der Waals surface area contributed by atoms with Crippen molar-refractivity contribution in [2.24, 2.45) is 11.3 Å². The van der Waals surface area contributed by atoms with Gasteiger partial charge in [0.2, 0.25) is 0 Å². The van der Waals surface area contributed by atoms with E-state index in [0.717, 1.165) is 19.3 Å². The Bertz CT molecular complexity index is 447. The van der Waals surface area contributed by atoms with Crippen LogP contribution in [-0.4, -0.2) is 5.01 Å². The topological polar surface area (TPSA) is 29.3 Å². The van der Waals surface area contributed by atoms with Crippen LogP contribution >= 0.6 is 0 Å². The highest BCUT2D eigenvalue weighted by Crippen LogP contribution is 2.26. The Hall–Kier alpha value is -1.35. The lowest BCUT2D eigenvalue weighted by molar-refractivity contribution is 0.358. The van der Waals surface area contributed by atoms with Gasteiger partial charge in [0.05, 0.1) is 6.54 Å². The van der Waals surface area contributed by atoms with E-state index in [1.54, 1.807) is 17.1 Å². The van der Waals surface area contributed by atoms with Gasteiger partial charge in [-0.05, 0) is 24.3 Å². The Balaban J connectivity index is 2.75. The number of hydrazine groups is 1. The van der Waals surface area contributed by atoms with Crippen LogP contribution in [0.15, 0.2) is 36.0 Å². The van der Waals surface area contributed by atoms with Crippen molar-refractivity contribution < 1.29 is 4.39 Å². The summed E-state index contributed by atoms with van der Waals surface area (Å²) >= 11 is 0. The Morgan fingerprint density at radius 1 is 1.30 bits per heavy atom. The van der Waals surface area contributed by atoms with Crippen LogP contribution in [0.2, 0.25) is 0 Å². The molecule has 0 aliphatic heterocycles. The largest absolute Gasteiger partial charge is 0.314 e. The molecule has 1 aromatic rings. The number of nitrogens with two attached hydrogens (primary N) is 1. The summed E-state index contributed by atoms with van der Waals surface area (Å²) in [6.07, 6.45) is 5.10. The minimum absolute atomic E-state index is 0.204. The lowest BCUT2D eigenvalue weighted by atomic mass is 9.87. The molecule has 112 valence electrons. The third kappa shape index (κ3) is 6.20. The Labute approximate surface area is 122 Å². The quantitative estimate of drug-likeness (QED) is 0.607. The summed E-state index contributed by atoms with van der Waals surface area (Å²) < 4.78 is 13.6. The van der Waals surface area contributed by atoms with Gasteiger partial charge in [-0.3, -0.25) is 0 Å². The zero-order valence-corrected chi connectivity index (χ0v) is 13.1. The van der Waals surface area contributed by atoms with Crippen molar-refractivity contribution in [2.45, 2.75) is 53.5 Å². The highest BCUT2D eigenvalue weighted by molar-refractivity contribution is 5.17. The lowest BCUT2D eigenvalue weighted by Crippen LogP contribution is -2.26. The molecule has 0 aliphatic rings. The van der Waals surface area contributed by atoms with Gasteiger partial charge in [-0.25, -0.2) is 10.2 Å². The zero-order valence-electron chi connectivity index (χ0n) is 13.1. The molecule has 0 bridgehead atoms. The summed E-state index contributed by atoms with van der Waals surface area (Å²) in [4.78, 5) is 0. The molecule has 3 heteroatoms. The van der Waals surface area contributed by atoms with Gasteiger partial charge in [0.15, 0.2) is 0 Å². The number of hydrogen-bond donors (Lipinski definition) is 1. The van der Waals surface area contributed by atoms with Crippen molar-refractivity contribution in [3.8, 4) is 0 Å². The predicted octanol–water partition coefficient (Wildman–Crippen LogP) is 4.62. The Morgan fingerprint density at radius 2 is 1.95 bits per heavy atom. The molecule has 0 saturated carbocycles. The second-order valence-electron chi connectivity index (χ2n) is 6.54. The minimum Gasteiger partial charge on any atom is -0.314 e. The number of allylic oxidation sites excluding steroid dienone is 1. The minimum atomic E-state index is -0.204. The summed E-state index contributed by atoms with van der Waals surface area (Å²) in [5.74, 6) is 5.81. The van der Waals surface area contributed by atoms with Gasteiger partial charge in [-0.2, -0.15) is 0 Å². The highest BCUT2D eigenvalue weighted by atomic mass is 19.1. The normalized spacial score (nSPS) is 12.6. The lowest BCUT2D eigenvalue weighted by Gasteiger charge is -2.23. The van der Waals surface area contributed by atoms with Gasteiger partial charge < -0.3 is 5.01 Å². The van der Waals surface area contributed by atoms with Crippen LogP contribution < -0.4 is 5.84 Å². The predicted molar refractivity (Wildman–Crippen MR) is 83.2 cm³/mol. The second-order valence-corrected chi connectivity index (χ2v) is 6.54. The van der Waals surface area contributed by atoms with Gasteiger partial charge >= 0.3 is 0 Å². The van der Waals surface area contributed by atoms with Crippen molar-refractivity contribution in [3.63, 3.8) is 0 Å². The van der Waals surface area contributed by atoms with Crippen LogP contribution in [0.3, 0.4) is 0 Å². The van der Waals surface area contributed by atoms with Gasteiger partial charge in [0.1, 0.15) is 5.82 Å². The first-order chi connectivity index (χ1) is 9.31. The fourth-order valence-electron chi connectivity index (χ4n) is 2.30. The summed E-state index contributed by atoms with van der Waals surface area (Å²) in [6, 6.07) is 6.76. The molecule has 20 heavy (non-hydrogen) atoms. The number of benzene rings is 1. The molecule has 0 radical (unpaired) electrons. The van der Waals surface area contributed by atoms with Crippen molar-refractivity contribution >= 4 is 0 Å². The first-order valence-electron chi connectivity index (χ1n) is 7.26. The van der Waals surface area contributed by atoms with E-state index in [9.17, 15) is 4.39 Å². The Kier molecular flexibility index (Phi) is 6.21. The smallest absolute Gasteiger partial charge is 0.128 e. The van der Waals surface area contributed by atoms with E-state index in [4.69, 9.17) is 5.84 Å². The maximum Gasteiger partial charge on any atom is 0.128 e. The van der Waals surface area contributed by atoms with Gasteiger partial charge in [0, 0.05) is 11.8 Å². The number of hydrogen-bond acceptors (Lipinski definition) is 2. The SMILES string of the molecule is CCC/C(=C\N(N)Cc1ccccc1F)CC(C)(C)C. The van der Waals surface area contributed by atoms with Crippen LogP contribution in [-0.2, 0) is 6.54 Å². The van der Waals surface area contributed by atoms with E-state index in [-0.39, 0.29) is 11.2 Å². The molecule has 2 nitrogen and oxygen atoms in total. The molecule has 1 rings (SSSR count). The van der Waals surface area contributed by atoms with Gasteiger partial charge in [-0.15, -0.1) is 0 Å². The average molecular weight is 278 g/mol. The summed E-state index contributed by atoms with van der Waals surface area (Å²) in [6.45, 7) is 9.20. The average Bonchev–Trinajstić information content (AvgIpc) is 2.30. The van der Waals surface area contributed by atoms with Crippen LogP contribution in [0.4, 0.5) is 4.39 Å². The first-order valence-corrected chi connectivity index (χ1v) is 7.26. The van der Waals surface area contributed by atoms with Gasteiger partial charge in [0.25, 0.3) is 0 Å².